The number of aliphatic hydroxyl groups excluding tert-OH is 1. The van der Waals surface area contributed by atoms with Crippen molar-refractivity contribution in [3.63, 3.8) is 0 Å². The number of hydrogen-bond donors (Lipinski definition) is 1. The molecule has 42 heavy (non-hydrogen) atoms. The van der Waals surface area contributed by atoms with Gasteiger partial charge in [0.15, 0.2) is 11.5 Å². The van der Waals surface area contributed by atoms with E-state index in [0.717, 1.165) is 36.1 Å². The highest BCUT2D eigenvalue weighted by molar-refractivity contribution is 6.46. The van der Waals surface area contributed by atoms with Gasteiger partial charge in [-0.3, -0.25) is 9.59 Å². The number of nitrogens with zero attached hydrogens (tertiary/aromatic N) is 1. The van der Waals surface area contributed by atoms with Gasteiger partial charge >= 0.3 is 0 Å². The largest absolute Gasteiger partial charge is 0.507 e. The van der Waals surface area contributed by atoms with Gasteiger partial charge in [0, 0.05) is 18.5 Å². The number of fused-ring (bicyclic) bond motifs is 1. The second-order valence-corrected chi connectivity index (χ2v) is 10.9. The van der Waals surface area contributed by atoms with Gasteiger partial charge < -0.3 is 24.2 Å². The first-order chi connectivity index (χ1) is 20.4. The molecular formula is C35H39NO6. The number of aliphatic hydroxyl groups is 1. The van der Waals surface area contributed by atoms with Gasteiger partial charge in [0.2, 0.25) is 0 Å². The van der Waals surface area contributed by atoms with E-state index in [1.165, 1.54) is 0 Å². The maximum absolute atomic E-state index is 13.6. The van der Waals surface area contributed by atoms with E-state index in [9.17, 15) is 14.7 Å². The van der Waals surface area contributed by atoms with Crippen LogP contribution in [-0.4, -0.2) is 47.6 Å². The fourth-order valence-electron chi connectivity index (χ4n) is 5.69. The minimum absolute atomic E-state index is 0.0423. The fraction of sp³-hybridized carbons (Fsp3) is 0.371. The van der Waals surface area contributed by atoms with Crippen molar-refractivity contribution in [2.24, 2.45) is 0 Å². The third-order valence-corrected chi connectivity index (χ3v) is 7.78. The summed E-state index contributed by atoms with van der Waals surface area (Å²) in [7, 11) is 0. The van der Waals surface area contributed by atoms with Crippen molar-refractivity contribution < 1.29 is 28.9 Å². The number of unbranched alkanes of at least 4 members (excludes halogenated alkanes) is 2. The number of hydrogen-bond acceptors (Lipinski definition) is 6. The third-order valence-electron chi connectivity index (χ3n) is 7.78. The number of rotatable bonds is 12. The standard InChI is InChI=1S/C35H39NO6/c1-4-6-10-19-41-29-16-13-25(22-30(29)40-5-2)32-31(33(37)26-14-15-28-27(21-26)20-23(3)42-28)34(38)35(39)36(32)18-17-24-11-8-7-9-12-24/h7-9,11-16,21-23,32,37H,4-6,10,17-20H2,1-3H3/t23-,32-/m1/s1. The minimum Gasteiger partial charge on any atom is -0.507 e. The van der Waals surface area contributed by atoms with Crippen molar-refractivity contribution in [3.05, 3.63) is 94.6 Å². The Morgan fingerprint density at radius 2 is 1.79 bits per heavy atom. The molecule has 0 spiro atoms. The van der Waals surface area contributed by atoms with E-state index in [4.69, 9.17) is 14.2 Å². The molecule has 5 rings (SSSR count). The third kappa shape index (κ3) is 6.15. The summed E-state index contributed by atoms with van der Waals surface area (Å²) in [4.78, 5) is 28.7. The van der Waals surface area contributed by atoms with Gasteiger partial charge in [0.25, 0.3) is 11.7 Å². The van der Waals surface area contributed by atoms with Crippen LogP contribution in [0.25, 0.3) is 5.76 Å². The van der Waals surface area contributed by atoms with Crippen LogP contribution in [0, 0.1) is 0 Å². The van der Waals surface area contributed by atoms with E-state index in [1.54, 1.807) is 11.0 Å². The molecule has 7 nitrogen and oxygen atoms in total. The zero-order valence-corrected chi connectivity index (χ0v) is 24.6. The van der Waals surface area contributed by atoms with Crippen molar-refractivity contribution >= 4 is 17.4 Å². The second-order valence-electron chi connectivity index (χ2n) is 10.9. The molecule has 1 fully saturated rings. The average molecular weight is 570 g/mol. The Morgan fingerprint density at radius 1 is 0.976 bits per heavy atom. The Labute approximate surface area is 247 Å². The first-order valence-electron chi connectivity index (χ1n) is 14.9. The van der Waals surface area contributed by atoms with Crippen LogP contribution in [0.1, 0.15) is 68.3 Å². The maximum atomic E-state index is 13.6. The maximum Gasteiger partial charge on any atom is 0.295 e. The van der Waals surface area contributed by atoms with Crippen molar-refractivity contribution in [1.29, 1.82) is 0 Å². The van der Waals surface area contributed by atoms with Crippen LogP contribution in [0.4, 0.5) is 0 Å². The molecule has 1 saturated heterocycles. The fourth-order valence-corrected chi connectivity index (χ4v) is 5.69. The number of carbonyl (C=O) groups is 2. The summed E-state index contributed by atoms with van der Waals surface area (Å²) in [5.41, 5.74) is 3.24. The zero-order chi connectivity index (χ0) is 29.6. The molecule has 0 radical (unpaired) electrons. The summed E-state index contributed by atoms with van der Waals surface area (Å²) in [5, 5.41) is 11.6. The van der Waals surface area contributed by atoms with E-state index < -0.39 is 17.7 Å². The first kappa shape index (κ1) is 29.2. The second kappa shape index (κ2) is 13.1. The minimum atomic E-state index is -0.787. The molecule has 1 amide bonds. The number of carbonyl (C=O) groups excluding carboxylic acids is 2. The van der Waals surface area contributed by atoms with Crippen LogP contribution in [0.5, 0.6) is 17.2 Å². The molecule has 0 aliphatic carbocycles. The summed E-state index contributed by atoms with van der Waals surface area (Å²) < 4.78 is 17.8. The van der Waals surface area contributed by atoms with Gasteiger partial charge in [0.05, 0.1) is 24.8 Å². The van der Waals surface area contributed by atoms with Gasteiger partial charge in [-0.05, 0) is 73.7 Å². The Hall–Kier alpha value is -4.26. The topological polar surface area (TPSA) is 85.3 Å². The Balaban J connectivity index is 1.55. The number of benzene rings is 3. The van der Waals surface area contributed by atoms with E-state index >= 15 is 0 Å². The van der Waals surface area contributed by atoms with Crippen molar-refractivity contribution in [2.75, 3.05) is 19.8 Å². The first-order valence-corrected chi connectivity index (χ1v) is 14.9. The molecule has 2 atom stereocenters. The van der Waals surface area contributed by atoms with Gasteiger partial charge in [-0.2, -0.15) is 0 Å². The lowest BCUT2D eigenvalue weighted by molar-refractivity contribution is -0.139. The highest BCUT2D eigenvalue weighted by atomic mass is 16.5. The lowest BCUT2D eigenvalue weighted by Crippen LogP contribution is -2.31. The molecule has 1 N–H and O–H groups in total. The molecule has 3 aromatic rings. The summed E-state index contributed by atoms with van der Waals surface area (Å²) in [6.45, 7) is 7.35. The number of likely N-dealkylation sites (tertiary alicyclic amines) is 1. The van der Waals surface area contributed by atoms with Gasteiger partial charge in [-0.25, -0.2) is 0 Å². The Bertz CT molecular complexity index is 1460. The van der Waals surface area contributed by atoms with Crippen molar-refractivity contribution in [2.45, 2.75) is 65.0 Å². The smallest absolute Gasteiger partial charge is 0.295 e. The number of ketones is 1. The average Bonchev–Trinajstić information content (AvgIpc) is 3.50. The van der Waals surface area contributed by atoms with Gasteiger partial charge in [0.1, 0.15) is 17.6 Å². The molecule has 220 valence electrons. The zero-order valence-electron chi connectivity index (χ0n) is 24.6. The van der Waals surface area contributed by atoms with Crippen molar-refractivity contribution in [3.8, 4) is 17.2 Å². The molecule has 2 aliphatic rings. The molecule has 0 unspecified atom stereocenters. The summed E-state index contributed by atoms with van der Waals surface area (Å²) in [6, 6.07) is 20.0. The molecule has 7 heteroatoms. The Kier molecular flexibility index (Phi) is 9.15. The van der Waals surface area contributed by atoms with Crippen LogP contribution < -0.4 is 14.2 Å². The summed E-state index contributed by atoms with van der Waals surface area (Å²) in [6.07, 6.45) is 4.43. The normalized spacial score (nSPS) is 19.1. The van der Waals surface area contributed by atoms with Gasteiger partial charge in [-0.15, -0.1) is 0 Å². The summed E-state index contributed by atoms with van der Waals surface area (Å²) >= 11 is 0. The van der Waals surface area contributed by atoms with Crippen LogP contribution in [-0.2, 0) is 22.4 Å². The predicted molar refractivity (Wildman–Crippen MR) is 162 cm³/mol. The van der Waals surface area contributed by atoms with Gasteiger partial charge in [-0.1, -0.05) is 56.2 Å². The highest BCUT2D eigenvalue weighted by Crippen LogP contribution is 2.43. The SMILES string of the molecule is CCCCCOc1ccc([C@@H]2C(=C(O)c3ccc4c(c3)C[C@@H](C)O4)C(=O)C(=O)N2CCc2ccccc2)cc1OCC. The number of amides is 1. The van der Waals surface area contributed by atoms with E-state index in [1.807, 2.05) is 74.5 Å². The van der Waals surface area contributed by atoms with E-state index in [-0.39, 0.29) is 17.4 Å². The number of ether oxygens (including phenoxy) is 3. The van der Waals surface area contributed by atoms with Crippen molar-refractivity contribution in [1.82, 2.24) is 4.90 Å². The van der Waals surface area contributed by atoms with E-state index in [2.05, 4.69) is 6.92 Å². The summed E-state index contributed by atoms with van der Waals surface area (Å²) in [5.74, 6) is 0.409. The molecular weight excluding hydrogens is 530 g/mol. The molecule has 0 aromatic heterocycles. The lowest BCUT2D eigenvalue weighted by atomic mass is 9.94. The van der Waals surface area contributed by atoms with E-state index in [0.29, 0.717) is 55.2 Å². The predicted octanol–water partition coefficient (Wildman–Crippen LogP) is 6.64. The van der Waals surface area contributed by atoms with Crippen LogP contribution in [0.15, 0.2) is 72.3 Å². The van der Waals surface area contributed by atoms with Crippen LogP contribution in [0.2, 0.25) is 0 Å². The lowest BCUT2D eigenvalue weighted by Gasteiger charge is -2.26. The molecule has 2 aliphatic heterocycles. The monoisotopic (exact) mass is 569 g/mol. The van der Waals surface area contributed by atoms with Crippen LogP contribution in [0.3, 0.4) is 0 Å². The Morgan fingerprint density at radius 3 is 2.55 bits per heavy atom. The van der Waals surface area contributed by atoms with Crippen LogP contribution >= 0.6 is 0 Å². The highest BCUT2D eigenvalue weighted by Gasteiger charge is 2.46. The molecule has 0 saturated carbocycles. The molecule has 0 bridgehead atoms. The molecule has 2 heterocycles. The number of Topliss-reactive ketones (excluding diaryl/α,β-unsaturated/α-hetero) is 1. The molecule has 3 aromatic carbocycles. The quantitative estimate of drug-likeness (QED) is 0.114.